The van der Waals surface area contributed by atoms with Crippen molar-refractivity contribution in [3.05, 3.63) is 23.8 Å². The van der Waals surface area contributed by atoms with Gasteiger partial charge in [-0.15, -0.1) is 0 Å². The van der Waals surface area contributed by atoms with E-state index in [4.69, 9.17) is 14.2 Å². The van der Waals surface area contributed by atoms with E-state index < -0.39 is 6.10 Å². The van der Waals surface area contributed by atoms with E-state index in [2.05, 4.69) is 0 Å². The molecule has 0 bridgehead atoms. The number of carbonyl (C=O) groups is 2. The third-order valence-electron chi connectivity index (χ3n) is 2.89. The molecule has 0 aliphatic carbocycles. The molecule has 1 aliphatic rings. The van der Waals surface area contributed by atoms with Gasteiger partial charge < -0.3 is 14.2 Å². The molecule has 1 heterocycles. The lowest BCUT2D eigenvalue weighted by atomic mass is 9.98. The van der Waals surface area contributed by atoms with Gasteiger partial charge in [0.05, 0.1) is 20.1 Å². The van der Waals surface area contributed by atoms with Gasteiger partial charge in [0.1, 0.15) is 23.2 Å². The largest absolute Gasteiger partial charge is 0.496 e. The summed E-state index contributed by atoms with van der Waals surface area (Å²) in [6.45, 7) is 2.06. The maximum atomic E-state index is 12.1. The van der Waals surface area contributed by atoms with Crippen LogP contribution >= 0.6 is 0 Å². The molecule has 1 aliphatic heterocycles. The number of Topliss-reactive ketones (excluding diaryl/α,β-unsaturated/α-hetero) is 1. The van der Waals surface area contributed by atoms with Crippen LogP contribution in [0.1, 0.15) is 30.1 Å². The predicted molar refractivity (Wildman–Crippen MR) is 67.6 cm³/mol. The maximum absolute atomic E-state index is 12.1. The summed E-state index contributed by atoms with van der Waals surface area (Å²) in [4.78, 5) is 23.5. The van der Waals surface area contributed by atoms with Crippen LogP contribution < -0.4 is 9.47 Å². The lowest BCUT2D eigenvalue weighted by Crippen LogP contribution is -2.30. The number of rotatable bonds is 4. The van der Waals surface area contributed by atoms with Crippen molar-refractivity contribution in [1.82, 2.24) is 0 Å². The Morgan fingerprint density at radius 3 is 2.95 bits per heavy atom. The highest BCUT2D eigenvalue weighted by Gasteiger charge is 2.30. The quantitative estimate of drug-likeness (QED) is 0.778. The maximum Gasteiger partial charge on any atom is 0.309 e. The van der Waals surface area contributed by atoms with Crippen LogP contribution in [-0.4, -0.2) is 31.6 Å². The summed E-state index contributed by atoms with van der Waals surface area (Å²) in [7, 11) is 1.51. The summed E-state index contributed by atoms with van der Waals surface area (Å²) >= 11 is 0. The zero-order chi connectivity index (χ0) is 13.8. The first-order valence-electron chi connectivity index (χ1n) is 6.18. The minimum absolute atomic E-state index is 0.0759. The van der Waals surface area contributed by atoms with Gasteiger partial charge in [-0.05, 0) is 19.1 Å². The van der Waals surface area contributed by atoms with E-state index in [0.29, 0.717) is 23.7 Å². The van der Waals surface area contributed by atoms with Gasteiger partial charge in [-0.3, -0.25) is 9.59 Å². The molecule has 1 aromatic rings. The average Bonchev–Trinajstić information content (AvgIpc) is 2.38. The Kier molecular flexibility index (Phi) is 4.04. The topological polar surface area (TPSA) is 61.8 Å². The van der Waals surface area contributed by atoms with Crippen molar-refractivity contribution in [1.29, 1.82) is 0 Å². The number of fused-ring (bicyclic) bond motifs is 1. The van der Waals surface area contributed by atoms with E-state index in [0.717, 1.165) is 0 Å². The van der Waals surface area contributed by atoms with Crippen molar-refractivity contribution in [2.75, 3.05) is 13.7 Å². The zero-order valence-electron chi connectivity index (χ0n) is 11.0. The van der Waals surface area contributed by atoms with Crippen LogP contribution in [0.5, 0.6) is 11.5 Å². The number of ketones is 1. The summed E-state index contributed by atoms with van der Waals surface area (Å²) in [6, 6.07) is 5.16. The monoisotopic (exact) mass is 264 g/mol. The standard InChI is InChI=1S/C14H16O5/c1-3-18-13(16)8-9-7-10(15)14-11(17-2)5-4-6-12(14)19-9/h4-6,9H,3,7-8H2,1-2H3. The fraction of sp³-hybridized carbons (Fsp3) is 0.429. The van der Waals surface area contributed by atoms with E-state index in [1.54, 1.807) is 25.1 Å². The smallest absolute Gasteiger partial charge is 0.309 e. The second kappa shape index (κ2) is 5.73. The highest BCUT2D eigenvalue weighted by molar-refractivity contribution is 6.02. The Morgan fingerprint density at radius 1 is 1.47 bits per heavy atom. The van der Waals surface area contributed by atoms with Crippen LogP contribution in [-0.2, 0) is 9.53 Å². The molecule has 0 radical (unpaired) electrons. The minimum Gasteiger partial charge on any atom is -0.496 e. The SMILES string of the molecule is CCOC(=O)CC1CC(=O)c2c(OC)cccc2O1. The van der Waals surface area contributed by atoms with Crippen LogP contribution in [0.15, 0.2) is 18.2 Å². The number of benzene rings is 1. The summed E-state index contributed by atoms with van der Waals surface area (Å²) in [6.07, 6.45) is -0.228. The Labute approximate surface area is 111 Å². The second-order valence-corrected chi connectivity index (χ2v) is 4.21. The Morgan fingerprint density at radius 2 is 2.26 bits per heavy atom. The van der Waals surface area contributed by atoms with Crippen LogP contribution in [0, 0.1) is 0 Å². The molecule has 19 heavy (non-hydrogen) atoms. The molecular formula is C14H16O5. The number of carbonyl (C=O) groups excluding carboxylic acids is 2. The molecule has 102 valence electrons. The van der Waals surface area contributed by atoms with Crippen LogP contribution in [0.25, 0.3) is 0 Å². The van der Waals surface area contributed by atoms with Gasteiger partial charge in [0.2, 0.25) is 0 Å². The number of esters is 1. The molecule has 5 heteroatoms. The van der Waals surface area contributed by atoms with E-state index in [1.165, 1.54) is 7.11 Å². The number of ether oxygens (including phenoxy) is 3. The first-order chi connectivity index (χ1) is 9.15. The van der Waals surface area contributed by atoms with E-state index in [1.807, 2.05) is 0 Å². The summed E-state index contributed by atoms with van der Waals surface area (Å²) in [5, 5.41) is 0. The molecule has 0 amide bonds. The van der Waals surface area contributed by atoms with Gasteiger partial charge in [-0.25, -0.2) is 0 Å². The fourth-order valence-corrected chi connectivity index (χ4v) is 2.10. The van der Waals surface area contributed by atoms with Crippen molar-refractivity contribution in [2.45, 2.75) is 25.9 Å². The van der Waals surface area contributed by atoms with Gasteiger partial charge in [-0.1, -0.05) is 6.07 Å². The highest BCUT2D eigenvalue weighted by atomic mass is 16.5. The van der Waals surface area contributed by atoms with E-state index in [9.17, 15) is 9.59 Å². The van der Waals surface area contributed by atoms with Crippen LogP contribution in [0.2, 0.25) is 0 Å². The van der Waals surface area contributed by atoms with Gasteiger partial charge in [-0.2, -0.15) is 0 Å². The first kappa shape index (κ1) is 13.4. The van der Waals surface area contributed by atoms with Crippen LogP contribution in [0.4, 0.5) is 0 Å². The molecule has 1 atom stereocenters. The second-order valence-electron chi connectivity index (χ2n) is 4.21. The lowest BCUT2D eigenvalue weighted by molar-refractivity contribution is -0.144. The molecule has 0 aromatic heterocycles. The molecule has 1 unspecified atom stereocenters. The van der Waals surface area contributed by atoms with Gasteiger partial charge >= 0.3 is 5.97 Å². The van der Waals surface area contributed by atoms with Gasteiger partial charge in [0.15, 0.2) is 5.78 Å². The molecule has 2 rings (SSSR count). The molecular weight excluding hydrogens is 248 g/mol. The third kappa shape index (κ3) is 2.86. The normalized spacial score (nSPS) is 17.4. The minimum atomic E-state index is -0.467. The lowest BCUT2D eigenvalue weighted by Gasteiger charge is -2.25. The van der Waals surface area contributed by atoms with Crippen molar-refractivity contribution in [3.63, 3.8) is 0 Å². The Hall–Kier alpha value is -2.04. The number of hydrogen-bond donors (Lipinski definition) is 0. The number of hydrogen-bond acceptors (Lipinski definition) is 5. The summed E-state index contributed by atoms with van der Waals surface area (Å²) in [5.74, 6) is 0.529. The van der Waals surface area contributed by atoms with Gasteiger partial charge in [0.25, 0.3) is 0 Å². The zero-order valence-corrected chi connectivity index (χ0v) is 11.0. The molecule has 1 aromatic carbocycles. The van der Waals surface area contributed by atoms with Crippen molar-refractivity contribution in [2.24, 2.45) is 0 Å². The first-order valence-corrected chi connectivity index (χ1v) is 6.18. The van der Waals surface area contributed by atoms with E-state index in [-0.39, 0.29) is 24.6 Å². The van der Waals surface area contributed by atoms with Crippen LogP contribution in [0.3, 0.4) is 0 Å². The summed E-state index contributed by atoms with van der Waals surface area (Å²) < 4.78 is 15.7. The van der Waals surface area contributed by atoms with Crippen molar-refractivity contribution in [3.8, 4) is 11.5 Å². The summed E-state index contributed by atoms with van der Waals surface area (Å²) in [5.41, 5.74) is 0.449. The molecule has 0 saturated carbocycles. The fourth-order valence-electron chi connectivity index (χ4n) is 2.10. The van der Waals surface area contributed by atoms with Crippen molar-refractivity contribution >= 4 is 11.8 Å². The molecule has 0 N–H and O–H groups in total. The molecule has 5 nitrogen and oxygen atoms in total. The molecule has 0 spiro atoms. The Bertz CT molecular complexity index is 495. The predicted octanol–water partition coefficient (Wildman–Crippen LogP) is 1.98. The highest BCUT2D eigenvalue weighted by Crippen LogP contribution is 2.35. The average molecular weight is 264 g/mol. The molecule has 0 fully saturated rings. The molecule has 0 saturated heterocycles. The van der Waals surface area contributed by atoms with Crippen molar-refractivity contribution < 1.29 is 23.8 Å². The van der Waals surface area contributed by atoms with E-state index >= 15 is 0 Å². The van der Waals surface area contributed by atoms with Gasteiger partial charge in [0, 0.05) is 6.42 Å². The number of methoxy groups -OCH3 is 1. The third-order valence-corrected chi connectivity index (χ3v) is 2.89. The Balaban J connectivity index is 2.16.